The fourth-order valence-corrected chi connectivity index (χ4v) is 2.28. The molecule has 0 saturated carbocycles. The van der Waals surface area contributed by atoms with Crippen molar-refractivity contribution in [2.24, 2.45) is 0 Å². The zero-order valence-electron chi connectivity index (χ0n) is 11.3. The molecule has 0 atom stereocenters. The molecule has 0 N–H and O–H groups in total. The number of carbonyl (C=O) groups is 1. The largest absolute Gasteiger partial charge is 0.452 e. The summed E-state index contributed by atoms with van der Waals surface area (Å²) in [6.07, 6.45) is -0.435. The standard InChI is InChI=1S/C16H14N2O2/c1-11-6-5-7-12(10-11)15-17-13-8-3-4-9-14(13)18(15)16(19)20-2/h3-10H,1-2H3. The van der Waals surface area contributed by atoms with Crippen molar-refractivity contribution < 1.29 is 9.53 Å². The van der Waals surface area contributed by atoms with Gasteiger partial charge >= 0.3 is 6.09 Å². The van der Waals surface area contributed by atoms with Gasteiger partial charge in [-0.2, -0.15) is 0 Å². The van der Waals surface area contributed by atoms with Gasteiger partial charge < -0.3 is 4.74 Å². The number of hydrogen-bond acceptors (Lipinski definition) is 3. The molecule has 1 heterocycles. The van der Waals surface area contributed by atoms with Crippen molar-refractivity contribution in [2.75, 3.05) is 7.11 Å². The molecule has 4 nitrogen and oxygen atoms in total. The van der Waals surface area contributed by atoms with E-state index < -0.39 is 6.09 Å². The van der Waals surface area contributed by atoms with Crippen LogP contribution in [0.4, 0.5) is 4.79 Å². The minimum Gasteiger partial charge on any atom is -0.452 e. The first-order valence-corrected chi connectivity index (χ1v) is 6.33. The lowest BCUT2D eigenvalue weighted by Crippen LogP contribution is -2.12. The maximum Gasteiger partial charge on any atom is 0.419 e. The van der Waals surface area contributed by atoms with Gasteiger partial charge in [0.2, 0.25) is 0 Å². The monoisotopic (exact) mass is 266 g/mol. The van der Waals surface area contributed by atoms with E-state index in [1.165, 1.54) is 11.7 Å². The van der Waals surface area contributed by atoms with Crippen LogP contribution in [0.25, 0.3) is 22.4 Å². The second kappa shape index (κ2) is 4.81. The number of hydrogen-bond donors (Lipinski definition) is 0. The van der Waals surface area contributed by atoms with E-state index in [2.05, 4.69) is 4.98 Å². The molecule has 0 fully saturated rings. The third-order valence-corrected chi connectivity index (χ3v) is 3.19. The molecule has 4 heteroatoms. The molecular formula is C16H14N2O2. The number of nitrogens with zero attached hydrogens (tertiary/aromatic N) is 2. The quantitative estimate of drug-likeness (QED) is 0.675. The Kier molecular flexibility index (Phi) is 2.99. The molecule has 3 rings (SSSR count). The summed E-state index contributed by atoms with van der Waals surface area (Å²) < 4.78 is 6.38. The topological polar surface area (TPSA) is 44.1 Å². The highest BCUT2D eigenvalue weighted by Crippen LogP contribution is 2.25. The number of benzene rings is 2. The maximum absolute atomic E-state index is 12.1. The number of rotatable bonds is 1. The van der Waals surface area contributed by atoms with Gasteiger partial charge in [-0.05, 0) is 25.1 Å². The number of carbonyl (C=O) groups excluding carboxylic acids is 1. The van der Waals surface area contributed by atoms with E-state index in [1.54, 1.807) is 0 Å². The highest BCUT2D eigenvalue weighted by atomic mass is 16.5. The first-order chi connectivity index (χ1) is 9.70. The second-order valence-corrected chi connectivity index (χ2v) is 4.60. The molecule has 0 aliphatic carbocycles. The Labute approximate surface area is 116 Å². The molecule has 0 radical (unpaired) electrons. The molecule has 100 valence electrons. The Hall–Kier alpha value is -2.62. The van der Waals surface area contributed by atoms with Crippen LogP contribution < -0.4 is 0 Å². The maximum atomic E-state index is 12.1. The molecular weight excluding hydrogens is 252 g/mol. The van der Waals surface area contributed by atoms with Crippen LogP contribution >= 0.6 is 0 Å². The summed E-state index contributed by atoms with van der Waals surface area (Å²) in [5.74, 6) is 0.599. The van der Waals surface area contributed by atoms with Crippen LogP contribution in [0, 0.1) is 6.92 Å². The van der Waals surface area contributed by atoms with E-state index in [4.69, 9.17) is 4.74 Å². The highest BCUT2D eigenvalue weighted by molar-refractivity contribution is 5.91. The van der Waals surface area contributed by atoms with Crippen LogP contribution in [0.2, 0.25) is 0 Å². The van der Waals surface area contributed by atoms with Crippen LogP contribution in [0.3, 0.4) is 0 Å². The van der Waals surface area contributed by atoms with Gasteiger partial charge in [0.1, 0.15) is 0 Å². The number of ether oxygens (including phenoxy) is 1. The zero-order valence-corrected chi connectivity index (χ0v) is 11.3. The van der Waals surface area contributed by atoms with Crippen LogP contribution in [0.1, 0.15) is 5.56 Å². The van der Waals surface area contributed by atoms with Crippen LogP contribution in [0.15, 0.2) is 48.5 Å². The Morgan fingerprint density at radius 1 is 1.15 bits per heavy atom. The SMILES string of the molecule is COC(=O)n1c(-c2cccc(C)c2)nc2ccccc21. The number of aryl methyl sites for hydroxylation is 1. The summed E-state index contributed by atoms with van der Waals surface area (Å²) in [5, 5.41) is 0. The third-order valence-electron chi connectivity index (χ3n) is 3.19. The molecule has 0 bridgehead atoms. The van der Waals surface area contributed by atoms with Crippen molar-refractivity contribution in [2.45, 2.75) is 6.92 Å². The van der Waals surface area contributed by atoms with Gasteiger partial charge in [0.15, 0.2) is 5.82 Å². The van der Waals surface area contributed by atoms with E-state index in [1.807, 2.05) is 55.5 Å². The predicted octanol–water partition coefficient (Wildman–Crippen LogP) is 3.63. The van der Waals surface area contributed by atoms with Gasteiger partial charge in [-0.3, -0.25) is 0 Å². The fourth-order valence-electron chi connectivity index (χ4n) is 2.28. The first kappa shape index (κ1) is 12.4. The lowest BCUT2D eigenvalue weighted by atomic mass is 10.1. The molecule has 0 unspecified atom stereocenters. The second-order valence-electron chi connectivity index (χ2n) is 4.60. The molecule has 0 saturated heterocycles. The number of fused-ring (bicyclic) bond motifs is 1. The summed E-state index contributed by atoms with van der Waals surface area (Å²) in [6.45, 7) is 2.01. The van der Waals surface area contributed by atoms with E-state index in [9.17, 15) is 4.79 Å². The normalized spacial score (nSPS) is 10.7. The minimum atomic E-state index is -0.435. The van der Waals surface area contributed by atoms with Gasteiger partial charge in [0, 0.05) is 5.56 Å². The first-order valence-electron chi connectivity index (χ1n) is 6.33. The number of imidazole rings is 1. The smallest absolute Gasteiger partial charge is 0.419 e. The Balaban J connectivity index is 2.32. The average molecular weight is 266 g/mol. The van der Waals surface area contributed by atoms with Gasteiger partial charge in [0.05, 0.1) is 18.1 Å². The summed E-state index contributed by atoms with van der Waals surface area (Å²) in [6, 6.07) is 15.4. The molecule has 20 heavy (non-hydrogen) atoms. The van der Waals surface area contributed by atoms with Crippen molar-refractivity contribution in [3.05, 3.63) is 54.1 Å². The van der Waals surface area contributed by atoms with Crippen molar-refractivity contribution in [3.8, 4) is 11.4 Å². The van der Waals surface area contributed by atoms with Gasteiger partial charge in [0.25, 0.3) is 0 Å². The van der Waals surface area contributed by atoms with Crippen molar-refractivity contribution in [1.29, 1.82) is 0 Å². The molecule has 2 aromatic carbocycles. The van der Waals surface area contributed by atoms with E-state index in [-0.39, 0.29) is 0 Å². The Bertz CT molecular complexity index is 790. The fraction of sp³-hybridized carbons (Fsp3) is 0.125. The van der Waals surface area contributed by atoms with E-state index >= 15 is 0 Å². The number of para-hydroxylation sites is 2. The van der Waals surface area contributed by atoms with Crippen molar-refractivity contribution in [3.63, 3.8) is 0 Å². The van der Waals surface area contributed by atoms with Crippen molar-refractivity contribution in [1.82, 2.24) is 9.55 Å². The summed E-state index contributed by atoms with van der Waals surface area (Å²) in [5.41, 5.74) is 3.53. The molecule has 1 aromatic heterocycles. The number of methoxy groups -OCH3 is 1. The van der Waals surface area contributed by atoms with Gasteiger partial charge in [-0.25, -0.2) is 14.3 Å². The van der Waals surface area contributed by atoms with Gasteiger partial charge in [-0.1, -0.05) is 35.9 Å². The summed E-state index contributed by atoms with van der Waals surface area (Å²) >= 11 is 0. The third kappa shape index (κ3) is 1.95. The summed E-state index contributed by atoms with van der Waals surface area (Å²) in [4.78, 5) is 16.6. The molecule has 0 aliphatic heterocycles. The van der Waals surface area contributed by atoms with E-state index in [0.29, 0.717) is 5.82 Å². The minimum absolute atomic E-state index is 0.435. The van der Waals surface area contributed by atoms with E-state index in [0.717, 1.165) is 22.2 Å². The Morgan fingerprint density at radius 2 is 1.95 bits per heavy atom. The molecule has 3 aromatic rings. The molecule has 0 spiro atoms. The molecule has 0 amide bonds. The summed E-state index contributed by atoms with van der Waals surface area (Å²) in [7, 11) is 1.37. The zero-order chi connectivity index (χ0) is 14.1. The number of aromatic nitrogens is 2. The lowest BCUT2D eigenvalue weighted by molar-refractivity contribution is 0.174. The highest BCUT2D eigenvalue weighted by Gasteiger charge is 2.18. The van der Waals surface area contributed by atoms with Crippen molar-refractivity contribution >= 4 is 17.1 Å². The Morgan fingerprint density at radius 3 is 2.70 bits per heavy atom. The average Bonchev–Trinajstić information content (AvgIpc) is 2.86. The lowest BCUT2D eigenvalue weighted by Gasteiger charge is -2.06. The van der Waals surface area contributed by atoms with Crippen LogP contribution in [-0.4, -0.2) is 22.8 Å². The van der Waals surface area contributed by atoms with Gasteiger partial charge in [-0.15, -0.1) is 0 Å². The van der Waals surface area contributed by atoms with Crippen LogP contribution in [0.5, 0.6) is 0 Å². The molecule has 0 aliphatic rings. The van der Waals surface area contributed by atoms with Crippen LogP contribution in [-0.2, 0) is 4.74 Å². The predicted molar refractivity (Wildman–Crippen MR) is 77.7 cm³/mol.